The minimum absolute atomic E-state index is 0.0506. The Bertz CT molecular complexity index is 782. The van der Waals surface area contributed by atoms with Gasteiger partial charge in [-0.05, 0) is 24.1 Å². The highest BCUT2D eigenvalue weighted by Gasteiger charge is 2.38. The number of fused-ring (bicyclic) bond motifs is 1. The molecule has 2 aliphatic heterocycles. The van der Waals surface area contributed by atoms with Crippen LogP contribution in [-0.2, 0) is 4.74 Å². The molecule has 138 valence electrons. The maximum Gasteiger partial charge on any atom is 0.271 e. The zero-order valence-corrected chi connectivity index (χ0v) is 16.0. The van der Waals surface area contributed by atoms with Crippen LogP contribution >= 0.6 is 22.9 Å². The zero-order chi connectivity index (χ0) is 18.1. The second-order valence-corrected chi connectivity index (χ2v) is 7.97. The van der Waals surface area contributed by atoms with E-state index in [2.05, 4.69) is 20.5 Å². The normalized spacial score (nSPS) is 25.7. The lowest BCUT2D eigenvalue weighted by Crippen LogP contribution is -2.43. The number of benzene rings is 1. The molecule has 2 fully saturated rings. The van der Waals surface area contributed by atoms with Crippen LogP contribution in [0.4, 0.5) is 5.13 Å². The molecule has 0 aliphatic carbocycles. The van der Waals surface area contributed by atoms with Crippen molar-refractivity contribution in [3.63, 3.8) is 0 Å². The average molecular weight is 393 g/mol. The number of hydrogen-bond donors (Lipinski definition) is 2. The Labute approximate surface area is 161 Å². The highest BCUT2D eigenvalue weighted by molar-refractivity contribution is 7.13. The molecule has 0 saturated carbocycles. The van der Waals surface area contributed by atoms with Gasteiger partial charge in [0.1, 0.15) is 5.69 Å². The molecule has 0 spiro atoms. The number of carbonyl (C=O) groups excluding carboxylic acids is 1. The predicted molar refractivity (Wildman–Crippen MR) is 103 cm³/mol. The SMILES string of the molecule is CNc1nc(C(=O)N[C@@H]2C[C@H]3CO[C@@H](c4ccc(Cl)cc4)CN3C2)cs1. The van der Waals surface area contributed by atoms with Gasteiger partial charge in [-0.2, -0.15) is 0 Å². The van der Waals surface area contributed by atoms with Gasteiger partial charge < -0.3 is 15.4 Å². The fourth-order valence-corrected chi connectivity index (χ4v) is 4.39. The molecule has 2 N–H and O–H groups in total. The summed E-state index contributed by atoms with van der Waals surface area (Å²) in [5.41, 5.74) is 1.61. The fourth-order valence-electron chi connectivity index (χ4n) is 3.61. The highest BCUT2D eigenvalue weighted by Crippen LogP contribution is 2.31. The van der Waals surface area contributed by atoms with E-state index in [1.165, 1.54) is 11.3 Å². The molecule has 26 heavy (non-hydrogen) atoms. The van der Waals surface area contributed by atoms with E-state index >= 15 is 0 Å². The van der Waals surface area contributed by atoms with Gasteiger partial charge in [0.05, 0.1) is 12.7 Å². The molecule has 1 aromatic carbocycles. The van der Waals surface area contributed by atoms with Crippen molar-refractivity contribution in [3.8, 4) is 0 Å². The lowest BCUT2D eigenvalue weighted by molar-refractivity contribution is -0.0502. The molecule has 2 aliphatic rings. The van der Waals surface area contributed by atoms with Crippen LogP contribution in [0.25, 0.3) is 0 Å². The summed E-state index contributed by atoms with van der Waals surface area (Å²) in [5, 5.41) is 9.33. The number of nitrogens with zero attached hydrogens (tertiary/aromatic N) is 2. The lowest BCUT2D eigenvalue weighted by Gasteiger charge is -2.35. The third-order valence-electron chi connectivity index (χ3n) is 4.95. The van der Waals surface area contributed by atoms with E-state index in [4.69, 9.17) is 16.3 Å². The van der Waals surface area contributed by atoms with Gasteiger partial charge in [0.25, 0.3) is 5.91 Å². The molecular weight excluding hydrogens is 372 g/mol. The van der Waals surface area contributed by atoms with Crippen LogP contribution in [0.2, 0.25) is 5.02 Å². The van der Waals surface area contributed by atoms with Crippen molar-refractivity contribution in [1.82, 2.24) is 15.2 Å². The monoisotopic (exact) mass is 392 g/mol. The van der Waals surface area contributed by atoms with Crippen molar-refractivity contribution >= 4 is 34.0 Å². The minimum Gasteiger partial charge on any atom is -0.371 e. The number of thiazole rings is 1. The van der Waals surface area contributed by atoms with E-state index in [9.17, 15) is 4.79 Å². The van der Waals surface area contributed by atoms with E-state index in [1.807, 2.05) is 24.3 Å². The fraction of sp³-hybridized carbons (Fsp3) is 0.444. The largest absolute Gasteiger partial charge is 0.371 e. The Hall–Kier alpha value is -1.67. The van der Waals surface area contributed by atoms with Crippen LogP contribution in [0.3, 0.4) is 0 Å². The predicted octanol–water partition coefficient (Wildman–Crippen LogP) is 2.78. The smallest absolute Gasteiger partial charge is 0.271 e. The van der Waals surface area contributed by atoms with Gasteiger partial charge in [0.2, 0.25) is 0 Å². The number of ether oxygens (including phenoxy) is 1. The summed E-state index contributed by atoms with van der Waals surface area (Å²) in [7, 11) is 1.80. The molecule has 3 atom stereocenters. The minimum atomic E-state index is -0.109. The van der Waals surface area contributed by atoms with Gasteiger partial charge in [-0.25, -0.2) is 4.98 Å². The first-order valence-corrected chi connectivity index (χ1v) is 9.93. The first kappa shape index (κ1) is 17.7. The second kappa shape index (κ2) is 7.52. The summed E-state index contributed by atoms with van der Waals surface area (Å²) in [5.74, 6) is -0.109. The second-order valence-electron chi connectivity index (χ2n) is 6.68. The summed E-state index contributed by atoms with van der Waals surface area (Å²) in [6.07, 6.45) is 0.956. The first-order chi connectivity index (χ1) is 12.6. The molecule has 3 heterocycles. The zero-order valence-electron chi connectivity index (χ0n) is 14.4. The number of morpholine rings is 1. The molecule has 8 heteroatoms. The molecule has 0 bridgehead atoms. The van der Waals surface area contributed by atoms with Gasteiger partial charge >= 0.3 is 0 Å². The number of rotatable bonds is 4. The van der Waals surface area contributed by atoms with Gasteiger partial charge in [-0.1, -0.05) is 23.7 Å². The van der Waals surface area contributed by atoms with Crippen LogP contribution in [0.15, 0.2) is 29.6 Å². The van der Waals surface area contributed by atoms with Gasteiger partial charge in [0, 0.05) is 42.6 Å². The van der Waals surface area contributed by atoms with Crippen molar-refractivity contribution in [2.45, 2.75) is 24.6 Å². The lowest BCUT2D eigenvalue weighted by atomic mass is 10.1. The van der Waals surface area contributed by atoms with Crippen molar-refractivity contribution in [2.24, 2.45) is 0 Å². The van der Waals surface area contributed by atoms with Crippen molar-refractivity contribution in [3.05, 3.63) is 45.9 Å². The molecule has 0 radical (unpaired) electrons. The van der Waals surface area contributed by atoms with Crippen LogP contribution in [-0.4, -0.2) is 54.6 Å². The van der Waals surface area contributed by atoms with Crippen LogP contribution < -0.4 is 10.6 Å². The summed E-state index contributed by atoms with van der Waals surface area (Å²) < 4.78 is 6.06. The number of anilines is 1. The topological polar surface area (TPSA) is 66.5 Å². The van der Waals surface area contributed by atoms with Crippen molar-refractivity contribution < 1.29 is 9.53 Å². The summed E-state index contributed by atoms with van der Waals surface area (Å²) in [6, 6.07) is 8.31. The van der Waals surface area contributed by atoms with E-state index in [-0.39, 0.29) is 18.1 Å². The van der Waals surface area contributed by atoms with Gasteiger partial charge in [-0.3, -0.25) is 9.69 Å². The van der Waals surface area contributed by atoms with Crippen molar-refractivity contribution in [2.75, 3.05) is 32.1 Å². The number of nitrogens with one attached hydrogen (secondary N) is 2. The van der Waals surface area contributed by atoms with Gasteiger partial charge in [-0.15, -0.1) is 11.3 Å². The Balaban J connectivity index is 1.35. The molecule has 4 rings (SSSR count). The Morgan fingerprint density at radius 2 is 2.15 bits per heavy atom. The van der Waals surface area contributed by atoms with E-state index in [1.54, 1.807) is 12.4 Å². The van der Waals surface area contributed by atoms with Crippen LogP contribution in [0, 0.1) is 0 Å². The highest BCUT2D eigenvalue weighted by atomic mass is 35.5. The molecule has 1 amide bonds. The maximum atomic E-state index is 12.4. The summed E-state index contributed by atoms with van der Waals surface area (Å²) >= 11 is 7.40. The molecular formula is C18H21ClN4O2S. The van der Waals surface area contributed by atoms with E-state index in [0.717, 1.165) is 35.2 Å². The van der Waals surface area contributed by atoms with E-state index < -0.39 is 0 Å². The first-order valence-electron chi connectivity index (χ1n) is 8.67. The van der Waals surface area contributed by atoms with Crippen molar-refractivity contribution in [1.29, 1.82) is 0 Å². The number of hydrogen-bond acceptors (Lipinski definition) is 6. The van der Waals surface area contributed by atoms with Gasteiger partial charge in [0.15, 0.2) is 5.13 Å². The number of carbonyl (C=O) groups is 1. The Morgan fingerprint density at radius 1 is 1.35 bits per heavy atom. The third kappa shape index (κ3) is 3.71. The number of amides is 1. The van der Waals surface area contributed by atoms with Crippen LogP contribution in [0.5, 0.6) is 0 Å². The number of aromatic nitrogens is 1. The molecule has 2 aromatic rings. The van der Waals surface area contributed by atoms with E-state index in [0.29, 0.717) is 18.3 Å². The Morgan fingerprint density at radius 3 is 2.88 bits per heavy atom. The molecule has 0 unspecified atom stereocenters. The average Bonchev–Trinajstić information content (AvgIpc) is 3.28. The maximum absolute atomic E-state index is 12.4. The summed E-state index contributed by atoms with van der Waals surface area (Å²) in [6.45, 7) is 2.35. The number of halogens is 1. The quantitative estimate of drug-likeness (QED) is 0.837. The molecule has 6 nitrogen and oxygen atoms in total. The third-order valence-corrected chi connectivity index (χ3v) is 6.06. The standard InChI is InChI=1S/C18H21ClN4O2S/c1-20-18-22-15(10-26-18)17(24)21-13-6-14-9-25-16(8-23(14)7-13)11-2-4-12(19)5-3-11/h2-5,10,13-14,16H,6-9H2,1H3,(H,20,22)(H,21,24)/t13-,14+,16-/m1/s1. The van der Waals surface area contributed by atoms with Crippen LogP contribution in [0.1, 0.15) is 28.6 Å². The Kier molecular flexibility index (Phi) is 5.13. The molecule has 2 saturated heterocycles. The summed E-state index contributed by atoms with van der Waals surface area (Å²) in [4.78, 5) is 19.1. The molecule has 1 aromatic heterocycles.